The van der Waals surface area contributed by atoms with E-state index in [4.69, 9.17) is 0 Å². The molecule has 0 bridgehead atoms. The van der Waals surface area contributed by atoms with Crippen molar-refractivity contribution in [2.24, 2.45) is 7.05 Å². The third kappa shape index (κ3) is 2.53. The van der Waals surface area contributed by atoms with Gasteiger partial charge in [-0.3, -0.25) is 4.68 Å². The van der Waals surface area contributed by atoms with Crippen molar-refractivity contribution in [2.45, 2.75) is 19.9 Å². The molecule has 0 saturated carbocycles. The summed E-state index contributed by atoms with van der Waals surface area (Å²) in [4.78, 5) is 4.42. The third-order valence-electron chi connectivity index (χ3n) is 3.06. The Morgan fingerprint density at radius 3 is 2.90 bits per heavy atom. The molecular weight excluding hydrogens is 320 g/mol. The van der Waals surface area contributed by atoms with Crippen molar-refractivity contribution in [1.29, 1.82) is 0 Å². The molecule has 0 saturated heterocycles. The summed E-state index contributed by atoms with van der Waals surface area (Å²) >= 11 is 3.42. The molecule has 3 aromatic heterocycles. The molecule has 0 aliphatic heterocycles. The van der Waals surface area contributed by atoms with Crippen molar-refractivity contribution in [1.82, 2.24) is 24.4 Å². The SMILES string of the molecule is CCc1nn(C)cc1CNc1nc2ccc(Br)cn2n1. The zero-order chi connectivity index (χ0) is 14.1. The summed E-state index contributed by atoms with van der Waals surface area (Å²) in [7, 11) is 1.93. The van der Waals surface area contributed by atoms with E-state index < -0.39 is 0 Å². The average molecular weight is 335 g/mol. The first-order valence-electron chi connectivity index (χ1n) is 6.43. The van der Waals surface area contributed by atoms with Crippen molar-refractivity contribution >= 4 is 27.5 Å². The fraction of sp³-hybridized carbons (Fsp3) is 0.308. The van der Waals surface area contributed by atoms with Gasteiger partial charge in [-0.15, -0.1) is 5.10 Å². The van der Waals surface area contributed by atoms with Crippen molar-refractivity contribution in [3.63, 3.8) is 0 Å². The van der Waals surface area contributed by atoms with Gasteiger partial charge >= 0.3 is 0 Å². The highest BCUT2D eigenvalue weighted by Crippen LogP contribution is 2.13. The van der Waals surface area contributed by atoms with Gasteiger partial charge in [0, 0.05) is 36.0 Å². The van der Waals surface area contributed by atoms with E-state index >= 15 is 0 Å². The van der Waals surface area contributed by atoms with Gasteiger partial charge in [0.15, 0.2) is 5.65 Å². The number of hydrogen-bond acceptors (Lipinski definition) is 4. The van der Waals surface area contributed by atoms with E-state index in [0.29, 0.717) is 12.5 Å². The Morgan fingerprint density at radius 1 is 1.25 bits per heavy atom. The number of fused-ring (bicyclic) bond motifs is 1. The molecule has 6 nitrogen and oxygen atoms in total. The van der Waals surface area contributed by atoms with Crippen molar-refractivity contribution in [3.8, 4) is 0 Å². The lowest BCUT2D eigenvalue weighted by Crippen LogP contribution is -2.02. The summed E-state index contributed by atoms with van der Waals surface area (Å²) in [6.45, 7) is 2.78. The van der Waals surface area contributed by atoms with Gasteiger partial charge in [0.05, 0.1) is 5.69 Å². The van der Waals surface area contributed by atoms with Crippen LogP contribution in [0.25, 0.3) is 5.65 Å². The second-order valence-corrected chi connectivity index (χ2v) is 5.48. The number of aryl methyl sites for hydroxylation is 2. The summed E-state index contributed by atoms with van der Waals surface area (Å²) in [5, 5.41) is 12.1. The van der Waals surface area contributed by atoms with Gasteiger partial charge in [-0.05, 0) is 34.5 Å². The Balaban J connectivity index is 1.79. The summed E-state index contributed by atoms with van der Waals surface area (Å²) in [6, 6.07) is 3.87. The molecule has 0 spiro atoms. The molecule has 3 aromatic rings. The predicted octanol–water partition coefficient (Wildman–Crippen LogP) is 2.40. The fourth-order valence-electron chi connectivity index (χ4n) is 2.14. The molecular formula is C13H15BrN6. The second kappa shape index (κ2) is 5.24. The van der Waals surface area contributed by atoms with Crippen molar-refractivity contribution in [2.75, 3.05) is 5.32 Å². The lowest BCUT2D eigenvalue weighted by molar-refractivity contribution is 0.746. The van der Waals surface area contributed by atoms with Crippen LogP contribution in [0.3, 0.4) is 0 Å². The average Bonchev–Trinajstić information content (AvgIpc) is 2.98. The second-order valence-electron chi connectivity index (χ2n) is 4.57. The number of halogens is 1. The van der Waals surface area contributed by atoms with E-state index in [-0.39, 0.29) is 0 Å². The Hall–Kier alpha value is -1.89. The van der Waals surface area contributed by atoms with Gasteiger partial charge < -0.3 is 5.32 Å². The molecule has 3 heterocycles. The summed E-state index contributed by atoms with van der Waals surface area (Å²) in [5.74, 6) is 0.619. The van der Waals surface area contributed by atoms with Crippen LogP contribution in [0, 0.1) is 0 Å². The molecule has 0 radical (unpaired) electrons. The zero-order valence-electron chi connectivity index (χ0n) is 11.3. The standard InChI is InChI=1S/C13H15BrN6/c1-3-11-9(7-19(2)17-11)6-15-13-16-12-5-4-10(14)8-20(12)18-13/h4-5,7-8H,3,6H2,1-2H3,(H,15,18). The number of rotatable bonds is 4. The highest BCUT2D eigenvalue weighted by atomic mass is 79.9. The minimum atomic E-state index is 0.619. The number of hydrogen-bond donors (Lipinski definition) is 1. The van der Waals surface area contributed by atoms with Crippen LogP contribution in [0.15, 0.2) is 29.0 Å². The highest BCUT2D eigenvalue weighted by molar-refractivity contribution is 9.10. The van der Waals surface area contributed by atoms with Gasteiger partial charge in [0.2, 0.25) is 5.95 Å². The van der Waals surface area contributed by atoms with Crippen LogP contribution in [0.2, 0.25) is 0 Å². The highest BCUT2D eigenvalue weighted by Gasteiger charge is 2.08. The number of nitrogens with zero attached hydrogens (tertiary/aromatic N) is 5. The van der Waals surface area contributed by atoms with Crippen LogP contribution in [-0.2, 0) is 20.0 Å². The third-order valence-corrected chi connectivity index (χ3v) is 3.53. The van der Waals surface area contributed by atoms with Crippen LogP contribution in [0.4, 0.5) is 5.95 Å². The fourth-order valence-corrected chi connectivity index (χ4v) is 2.46. The molecule has 0 amide bonds. The summed E-state index contributed by atoms with van der Waals surface area (Å²) < 4.78 is 4.56. The number of aromatic nitrogens is 5. The monoisotopic (exact) mass is 334 g/mol. The Labute approximate surface area is 124 Å². The lowest BCUT2D eigenvalue weighted by atomic mass is 10.2. The van der Waals surface area contributed by atoms with Crippen molar-refractivity contribution in [3.05, 3.63) is 40.3 Å². The van der Waals surface area contributed by atoms with Gasteiger partial charge in [0.25, 0.3) is 0 Å². The predicted molar refractivity (Wildman–Crippen MR) is 80.6 cm³/mol. The first kappa shape index (κ1) is 13.1. The quantitative estimate of drug-likeness (QED) is 0.795. The number of pyridine rings is 1. The lowest BCUT2D eigenvalue weighted by Gasteiger charge is -2.00. The molecule has 0 unspecified atom stereocenters. The van der Waals surface area contributed by atoms with Crippen LogP contribution < -0.4 is 5.32 Å². The minimum Gasteiger partial charge on any atom is -0.349 e. The maximum absolute atomic E-state index is 4.42. The molecule has 104 valence electrons. The van der Waals surface area contributed by atoms with E-state index in [9.17, 15) is 0 Å². The molecule has 0 atom stereocenters. The molecule has 0 fully saturated rings. The van der Waals surface area contributed by atoms with Crippen LogP contribution in [-0.4, -0.2) is 24.4 Å². The molecule has 20 heavy (non-hydrogen) atoms. The van der Waals surface area contributed by atoms with Gasteiger partial charge in [-0.1, -0.05) is 6.92 Å². The zero-order valence-corrected chi connectivity index (χ0v) is 12.9. The first-order chi connectivity index (χ1) is 9.65. The van der Waals surface area contributed by atoms with Crippen molar-refractivity contribution < 1.29 is 0 Å². The molecule has 0 aliphatic carbocycles. The number of anilines is 1. The molecule has 0 aliphatic rings. The van der Waals surface area contributed by atoms with Gasteiger partial charge in [-0.25, -0.2) is 4.52 Å². The van der Waals surface area contributed by atoms with Gasteiger partial charge in [-0.2, -0.15) is 10.1 Å². The Morgan fingerprint density at radius 2 is 2.10 bits per heavy atom. The molecule has 7 heteroatoms. The topological polar surface area (TPSA) is 60.0 Å². The number of nitrogens with one attached hydrogen (secondary N) is 1. The van der Waals surface area contributed by atoms with Crippen LogP contribution >= 0.6 is 15.9 Å². The Bertz CT molecular complexity index is 744. The normalized spacial score (nSPS) is 11.2. The maximum atomic E-state index is 4.42. The van der Waals surface area contributed by atoms with Crippen LogP contribution in [0.1, 0.15) is 18.2 Å². The maximum Gasteiger partial charge on any atom is 0.243 e. The van der Waals surface area contributed by atoms with Crippen LogP contribution in [0.5, 0.6) is 0 Å². The van der Waals surface area contributed by atoms with E-state index in [1.165, 1.54) is 5.56 Å². The van der Waals surface area contributed by atoms with E-state index in [1.807, 2.05) is 36.3 Å². The molecule has 1 N–H and O–H groups in total. The first-order valence-corrected chi connectivity index (χ1v) is 7.22. The van der Waals surface area contributed by atoms with E-state index in [1.54, 1.807) is 4.52 Å². The summed E-state index contributed by atoms with van der Waals surface area (Å²) in [6.07, 6.45) is 4.83. The molecule has 3 rings (SSSR count). The largest absolute Gasteiger partial charge is 0.349 e. The Kier molecular flexibility index (Phi) is 3.43. The van der Waals surface area contributed by atoms with E-state index in [2.05, 4.69) is 43.4 Å². The molecule has 0 aromatic carbocycles. The minimum absolute atomic E-state index is 0.619. The summed E-state index contributed by atoms with van der Waals surface area (Å²) in [5.41, 5.74) is 3.10. The smallest absolute Gasteiger partial charge is 0.243 e. The van der Waals surface area contributed by atoms with E-state index in [0.717, 1.165) is 22.2 Å². The van der Waals surface area contributed by atoms with Gasteiger partial charge in [0.1, 0.15) is 0 Å².